The van der Waals surface area contributed by atoms with Crippen LogP contribution in [0.2, 0.25) is 0 Å². The molecule has 1 aromatic rings. The van der Waals surface area contributed by atoms with Crippen LogP contribution in [0.3, 0.4) is 0 Å². The monoisotopic (exact) mass is 304 g/mol. The van der Waals surface area contributed by atoms with Gasteiger partial charge < -0.3 is 15.8 Å². The van der Waals surface area contributed by atoms with Crippen LogP contribution in [0.5, 0.6) is 5.75 Å². The number of amides is 1. The molecule has 0 saturated heterocycles. The van der Waals surface area contributed by atoms with Gasteiger partial charge in [-0.15, -0.1) is 0 Å². The molecule has 1 amide bonds. The minimum atomic E-state index is -4.51. The molecule has 0 aliphatic carbocycles. The highest BCUT2D eigenvalue weighted by Crippen LogP contribution is 2.34. The molecule has 0 saturated carbocycles. The summed E-state index contributed by atoms with van der Waals surface area (Å²) in [6, 6.07) is 3.25. The van der Waals surface area contributed by atoms with Crippen molar-refractivity contribution >= 4 is 5.91 Å². The lowest BCUT2D eigenvalue weighted by Gasteiger charge is -2.18. The summed E-state index contributed by atoms with van der Waals surface area (Å²) in [5.74, 6) is -0.743. The molecule has 0 aromatic heterocycles. The van der Waals surface area contributed by atoms with Crippen molar-refractivity contribution < 1.29 is 22.7 Å². The SMILES string of the molecule is COc1ccc(CNC(=O)C(C)C(C)N)c(C(F)(F)F)c1. The zero-order valence-electron chi connectivity index (χ0n) is 12.1. The summed E-state index contributed by atoms with van der Waals surface area (Å²) in [6.45, 7) is 3.08. The van der Waals surface area contributed by atoms with Crippen LogP contribution in [-0.2, 0) is 17.5 Å². The minimum Gasteiger partial charge on any atom is -0.497 e. The molecule has 0 radical (unpaired) electrons. The van der Waals surface area contributed by atoms with Gasteiger partial charge in [0, 0.05) is 18.5 Å². The van der Waals surface area contributed by atoms with E-state index in [-0.39, 0.29) is 29.8 Å². The fourth-order valence-corrected chi connectivity index (χ4v) is 1.68. The molecule has 0 aliphatic heterocycles. The third-order valence-electron chi connectivity index (χ3n) is 3.28. The lowest BCUT2D eigenvalue weighted by Crippen LogP contribution is -2.38. The molecule has 0 heterocycles. The molecule has 1 aromatic carbocycles. The van der Waals surface area contributed by atoms with Crippen LogP contribution < -0.4 is 15.8 Å². The van der Waals surface area contributed by atoms with Crippen molar-refractivity contribution in [2.45, 2.75) is 32.6 Å². The molecule has 1 rings (SSSR count). The molecule has 0 aliphatic rings. The largest absolute Gasteiger partial charge is 0.497 e. The van der Waals surface area contributed by atoms with Crippen molar-refractivity contribution in [1.29, 1.82) is 0 Å². The maximum absolute atomic E-state index is 13.0. The van der Waals surface area contributed by atoms with Gasteiger partial charge in [0.1, 0.15) is 5.75 Å². The minimum absolute atomic E-state index is 0.0199. The Balaban J connectivity index is 2.91. The second-order valence-corrected chi connectivity index (χ2v) is 4.89. The summed E-state index contributed by atoms with van der Waals surface area (Å²) in [6.07, 6.45) is -4.51. The normalized spacial score (nSPS) is 14.4. The molecule has 118 valence electrons. The second kappa shape index (κ2) is 6.80. The number of nitrogens with one attached hydrogen (secondary N) is 1. The van der Waals surface area contributed by atoms with Crippen LogP contribution in [0.25, 0.3) is 0 Å². The summed E-state index contributed by atoms with van der Waals surface area (Å²) in [5.41, 5.74) is 4.74. The number of ether oxygens (including phenoxy) is 1. The van der Waals surface area contributed by atoms with Gasteiger partial charge in [0.2, 0.25) is 5.91 Å². The lowest BCUT2D eigenvalue weighted by molar-refractivity contribution is -0.138. The zero-order valence-corrected chi connectivity index (χ0v) is 12.1. The molecule has 3 N–H and O–H groups in total. The Morgan fingerprint density at radius 3 is 2.48 bits per heavy atom. The number of hydrogen-bond acceptors (Lipinski definition) is 3. The van der Waals surface area contributed by atoms with Crippen molar-refractivity contribution in [3.8, 4) is 5.75 Å². The molecule has 2 atom stereocenters. The molecular weight excluding hydrogens is 285 g/mol. The van der Waals surface area contributed by atoms with E-state index in [2.05, 4.69) is 5.32 Å². The van der Waals surface area contributed by atoms with Crippen LogP contribution in [0, 0.1) is 5.92 Å². The highest BCUT2D eigenvalue weighted by atomic mass is 19.4. The Kier molecular flexibility index (Phi) is 5.60. The average Bonchev–Trinajstić information content (AvgIpc) is 2.42. The maximum atomic E-state index is 13.0. The second-order valence-electron chi connectivity index (χ2n) is 4.89. The van der Waals surface area contributed by atoms with E-state index in [1.807, 2.05) is 0 Å². The predicted octanol–water partition coefficient (Wildman–Crippen LogP) is 2.31. The number of benzene rings is 1. The van der Waals surface area contributed by atoms with Gasteiger partial charge in [-0.25, -0.2) is 0 Å². The molecule has 0 fully saturated rings. The van der Waals surface area contributed by atoms with Crippen molar-refractivity contribution in [3.63, 3.8) is 0 Å². The van der Waals surface area contributed by atoms with Gasteiger partial charge in [-0.05, 0) is 24.6 Å². The fourth-order valence-electron chi connectivity index (χ4n) is 1.68. The molecule has 4 nitrogen and oxygen atoms in total. The number of nitrogens with two attached hydrogens (primary N) is 1. The summed E-state index contributed by atoms with van der Waals surface area (Å²) < 4.78 is 43.8. The predicted molar refractivity (Wildman–Crippen MR) is 72.7 cm³/mol. The van der Waals surface area contributed by atoms with E-state index in [1.54, 1.807) is 13.8 Å². The highest BCUT2D eigenvalue weighted by Gasteiger charge is 2.34. The first-order chi connectivity index (χ1) is 9.66. The van der Waals surface area contributed by atoms with E-state index >= 15 is 0 Å². The van der Waals surface area contributed by atoms with Crippen LogP contribution in [0.15, 0.2) is 18.2 Å². The first-order valence-corrected chi connectivity index (χ1v) is 6.44. The Morgan fingerprint density at radius 1 is 1.38 bits per heavy atom. The molecule has 0 bridgehead atoms. The first kappa shape index (κ1) is 17.3. The van der Waals surface area contributed by atoms with E-state index in [9.17, 15) is 18.0 Å². The fraction of sp³-hybridized carbons (Fsp3) is 0.500. The first-order valence-electron chi connectivity index (χ1n) is 6.44. The number of halogens is 3. The topological polar surface area (TPSA) is 64.3 Å². The van der Waals surface area contributed by atoms with Gasteiger partial charge in [-0.2, -0.15) is 13.2 Å². The third kappa shape index (κ3) is 4.63. The number of hydrogen-bond donors (Lipinski definition) is 2. The van der Waals surface area contributed by atoms with Crippen LogP contribution in [0.4, 0.5) is 13.2 Å². The van der Waals surface area contributed by atoms with Crippen LogP contribution in [-0.4, -0.2) is 19.1 Å². The molecule has 0 spiro atoms. The van der Waals surface area contributed by atoms with Gasteiger partial charge >= 0.3 is 6.18 Å². The molecule has 21 heavy (non-hydrogen) atoms. The highest BCUT2D eigenvalue weighted by molar-refractivity contribution is 5.78. The van der Waals surface area contributed by atoms with Crippen molar-refractivity contribution in [1.82, 2.24) is 5.32 Å². The summed E-state index contributed by atoms with van der Waals surface area (Å²) in [7, 11) is 1.29. The number of carbonyl (C=O) groups excluding carboxylic acids is 1. The van der Waals surface area contributed by atoms with E-state index in [4.69, 9.17) is 10.5 Å². The standard InChI is InChI=1S/C14H19F3N2O2/c1-8(9(2)18)13(20)19-7-10-4-5-11(21-3)6-12(10)14(15,16)17/h4-6,8-9H,7,18H2,1-3H3,(H,19,20). The van der Waals surface area contributed by atoms with Crippen molar-refractivity contribution in [3.05, 3.63) is 29.3 Å². The number of alkyl halides is 3. The van der Waals surface area contributed by atoms with E-state index < -0.39 is 17.7 Å². The lowest BCUT2D eigenvalue weighted by atomic mass is 10.0. The van der Waals surface area contributed by atoms with Gasteiger partial charge in [0.25, 0.3) is 0 Å². The van der Waals surface area contributed by atoms with E-state index in [0.717, 1.165) is 6.07 Å². The number of rotatable bonds is 5. The summed E-state index contributed by atoms with van der Waals surface area (Å²) in [4.78, 5) is 11.7. The number of carbonyl (C=O) groups is 1. The summed E-state index contributed by atoms with van der Waals surface area (Å²) >= 11 is 0. The average molecular weight is 304 g/mol. The van der Waals surface area contributed by atoms with Crippen LogP contribution in [0.1, 0.15) is 25.0 Å². The van der Waals surface area contributed by atoms with E-state index in [1.165, 1.54) is 19.2 Å². The van der Waals surface area contributed by atoms with Gasteiger partial charge in [0.05, 0.1) is 12.7 Å². The van der Waals surface area contributed by atoms with Crippen molar-refractivity contribution in [2.24, 2.45) is 11.7 Å². The number of methoxy groups -OCH3 is 1. The Bertz CT molecular complexity index is 501. The van der Waals surface area contributed by atoms with Gasteiger partial charge in [0.15, 0.2) is 0 Å². The quantitative estimate of drug-likeness (QED) is 0.877. The Labute approximate surface area is 121 Å². The molecule has 2 unspecified atom stereocenters. The Morgan fingerprint density at radius 2 is 2.00 bits per heavy atom. The zero-order chi connectivity index (χ0) is 16.2. The smallest absolute Gasteiger partial charge is 0.416 e. The maximum Gasteiger partial charge on any atom is 0.416 e. The summed E-state index contributed by atoms with van der Waals surface area (Å²) in [5, 5.41) is 2.47. The molecular formula is C14H19F3N2O2. The Hall–Kier alpha value is -1.76. The van der Waals surface area contributed by atoms with Crippen LogP contribution >= 0.6 is 0 Å². The third-order valence-corrected chi connectivity index (χ3v) is 3.28. The van der Waals surface area contributed by atoms with Gasteiger partial charge in [-0.1, -0.05) is 13.0 Å². The van der Waals surface area contributed by atoms with E-state index in [0.29, 0.717) is 0 Å². The van der Waals surface area contributed by atoms with Crippen molar-refractivity contribution in [2.75, 3.05) is 7.11 Å². The van der Waals surface area contributed by atoms with Gasteiger partial charge in [-0.3, -0.25) is 4.79 Å². The molecule has 7 heteroatoms.